The summed E-state index contributed by atoms with van der Waals surface area (Å²) >= 11 is 0. The van der Waals surface area contributed by atoms with Crippen molar-refractivity contribution in [3.05, 3.63) is 0 Å². The van der Waals surface area contributed by atoms with Gasteiger partial charge in [-0.2, -0.15) is 0 Å². The Morgan fingerprint density at radius 2 is 0.942 bits per heavy atom. The van der Waals surface area contributed by atoms with Crippen molar-refractivity contribution in [2.75, 3.05) is 26.3 Å². The molecule has 0 aliphatic heterocycles. The lowest BCUT2D eigenvalue weighted by Gasteiger charge is -2.38. The highest BCUT2D eigenvalue weighted by Crippen LogP contribution is 2.25. The van der Waals surface area contributed by atoms with Crippen molar-refractivity contribution in [2.24, 2.45) is 0 Å². The predicted molar refractivity (Wildman–Crippen MR) is 225 cm³/mol. The molecule has 1 rings (SSSR count). The van der Waals surface area contributed by atoms with Gasteiger partial charge in [-0.05, 0) is 83.7 Å². The molecule has 0 spiro atoms. The van der Waals surface area contributed by atoms with Crippen LogP contribution in [0.1, 0.15) is 252 Å². The number of nitrogens with zero attached hydrogens (tertiary/aromatic N) is 1. The minimum Gasteiger partial charge on any atom is -0.462 e. The summed E-state index contributed by atoms with van der Waals surface area (Å²) in [5.74, 6) is 0.0375. The van der Waals surface area contributed by atoms with Gasteiger partial charge in [0.2, 0.25) is 0 Å². The molecule has 1 fully saturated rings. The van der Waals surface area contributed by atoms with Gasteiger partial charge in [0, 0.05) is 25.7 Å². The molecule has 1 N–H and O–H groups in total. The second kappa shape index (κ2) is 38.6. The average Bonchev–Trinajstić information content (AvgIpc) is 3.14. The molecular formula is C47H93NO4. The lowest BCUT2D eigenvalue weighted by atomic mass is 9.91. The van der Waals surface area contributed by atoms with Gasteiger partial charge in [-0.1, -0.05) is 175 Å². The highest BCUT2D eigenvalue weighted by molar-refractivity contribution is 5.69. The van der Waals surface area contributed by atoms with Crippen LogP contribution in [0, 0.1) is 0 Å². The Labute approximate surface area is 325 Å². The monoisotopic (exact) mass is 736 g/mol. The molecule has 310 valence electrons. The van der Waals surface area contributed by atoms with E-state index in [0.29, 0.717) is 12.5 Å². The Morgan fingerprint density at radius 3 is 1.42 bits per heavy atom. The first-order valence-corrected chi connectivity index (χ1v) is 23.8. The van der Waals surface area contributed by atoms with Crippen LogP contribution in [0.2, 0.25) is 0 Å². The summed E-state index contributed by atoms with van der Waals surface area (Å²) in [5.41, 5.74) is 0. The average molecular weight is 736 g/mol. The third-order valence-corrected chi connectivity index (χ3v) is 11.7. The van der Waals surface area contributed by atoms with Crippen molar-refractivity contribution >= 4 is 5.97 Å². The van der Waals surface area contributed by atoms with E-state index in [-0.39, 0.29) is 18.2 Å². The van der Waals surface area contributed by atoms with Crippen LogP contribution in [0.5, 0.6) is 0 Å². The van der Waals surface area contributed by atoms with Gasteiger partial charge in [-0.25, -0.2) is 0 Å². The van der Waals surface area contributed by atoms with E-state index >= 15 is 0 Å². The second-order valence-electron chi connectivity index (χ2n) is 16.7. The van der Waals surface area contributed by atoms with Gasteiger partial charge in [-0.15, -0.1) is 0 Å². The molecule has 0 aromatic rings. The molecule has 1 saturated carbocycles. The number of esters is 1. The number of ether oxygens (including phenoxy) is 2. The smallest absolute Gasteiger partial charge is 0.306 e. The Bertz CT molecular complexity index is 716. The number of aliphatic hydroxyl groups is 1. The molecule has 2 unspecified atom stereocenters. The molecule has 0 aromatic carbocycles. The number of carbonyl (C=O) groups excluding carboxylic acids is 1. The van der Waals surface area contributed by atoms with Crippen LogP contribution in [-0.2, 0) is 14.3 Å². The summed E-state index contributed by atoms with van der Waals surface area (Å²) in [4.78, 5) is 15.4. The van der Waals surface area contributed by atoms with Crippen molar-refractivity contribution in [3.63, 3.8) is 0 Å². The summed E-state index contributed by atoms with van der Waals surface area (Å²) < 4.78 is 12.0. The van der Waals surface area contributed by atoms with E-state index in [0.717, 1.165) is 64.8 Å². The standard InChI is InChI=1S/C47H93NO4/c1-4-7-10-13-16-24-33-42-51-43-34-25-18-23-32-41-48(45-37-29-30-38-46(45)49)40-31-22-17-21-28-39-47(50)52-44(35-26-19-14-11-8-5-2)36-27-20-15-12-9-6-3/h44-46,49H,4-43H2,1-3H3. The summed E-state index contributed by atoms with van der Waals surface area (Å²) in [6, 6.07) is 0.351. The van der Waals surface area contributed by atoms with Crippen molar-refractivity contribution in [1.29, 1.82) is 0 Å². The van der Waals surface area contributed by atoms with Gasteiger partial charge in [-0.3, -0.25) is 9.69 Å². The molecule has 0 aromatic heterocycles. The quantitative estimate of drug-likeness (QED) is 0.0501. The first-order chi connectivity index (χ1) is 25.6. The Morgan fingerprint density at radius 1 is 0.538 bits per heavy atom. The molecule has 2 atom stereocenters. The van der Waals surface area contributed by atoms with Crippen LogP contribution in [0.3, 0.4) is 0 Å². The van der Waals surface area contributed by atoms with Crippen molar-refractivity contribution in [3.8, 4) is 0 Å². The normalized spacial score (nSPS) is 16.3. The minimum atomic E-state index is -0.154. The maximum atomic E-state index is 12.8. The molecule has 1 aliphatic rings. The fourth-order valence-corrected chi connectivity index (χ4v) is 8.20. The highest BCUT2D eigenvalue weighted by atomic mass is 16.5. The van der Waals surface area contributed by atoms with Crippen LogP contribution in [-0.4, -0.2) is 60.5 Å². The van der Waals surface area contributed by atoms with E-state index < -0.39 is 0 Å². The largest absolute Gasteiger partial charge is 0.462 e. The molecule has 0 bridgehead atoms. The summed E-state index contributed by atoms with van der Waals surface area (Å²) in [6.45, 7) is 10.9. The third-order valence-electron chi connectivity index (χ3n) is 11.7. The highest BCUT2D eigenvalue weighted by Gasteiger charge is 2.28. The minimum absolute atomic E-state index is 0.0375. The summed E-state index contributed by atoms with van der Waals surface area (Å²) in [6.07, 6.45) is 44.1. The van der Waals surface area contributed by atoms with E-state index in [1.54, 1.807) is 0 Å². The molecule has 1 aliphatic carbocycles. The van der Waals surface area contributed by atoms with Gasteiger partial charge in [0.25, 0.3) is 0 Å². The fourth-order valence-electron chi connectivity index (χ4n) is 8.20. The molecule has 5 nitrogen and oxygen atoms in total. The molecular weight excluding hydrogens is 643 g/mol. The SMILES string of the molecule is CCCCCCCCCOCCCCCCCN(CCCCCCCC(=O)OC(CCCCCCCC)CCCCCCCC)C1CCCCC1O. The molecule has 0 amide bonds. The number of hydrogen-bond acceptors (Lipinski definition) is 5. The van der Waals surface area contributed by atoms with Gasteiger partial charge in [0.05, 0.1) is 6.10 Å². The zero-order valence-electron chi connectivity index (χ0n) is 35.6. The van der Waals surface area contributed by atoms with Crippen molar-refractivity contribution < 1.29 is 19.4 Å². The molecule has 52 heavy (non-hydrogen) atoms. The number of carbonyl (C=O) groups is 1. The lowest BCUT2D eigenvalue weighted by molar-refractivity contribution is -0.150. The zero-order valence-corrected chi connectivity index (χ0v) is 35.6. The number of unbranched alkanes of at least 4 members (excludes halogenated alkanes) is 24. The molecule has 0 radical (unpaired) electrons. The van der Waals surface area contributed by atoms with Crippen LogP contribution >= 0.6 is 0 Å². The Kier molecular flexibility index (Phi) is 36.7. The summed E-state index contributed by atoms with van der Waals surface area (Å²) in [5, 5.41) is 10.8. The molecule has 5 heteroatoms. The number of rotatable bonds is 40. The van der Waals surface area contributed by atoms with Gasteiger partial charge in [0.1, 0.15) is 6.10 Å². The van der Waals surface area contributed by atoms with E-state index in [1.807, 2.05) is 0 Å². The van der Waals surface area contributed by atoms with E-state index in [2.05, 4.69) is 25.7 Å². The fraction of sp³-hybridized carbons (Fsp3) is 0.979. The number of aliphatic hydroxyl groups excluding tert-OH is 1. The van der Waals surface area contributed by atoms with Crippen LogP contribution in [0.25, 0.3) is 0 Å². The van der Waals surface area contributed by atoms with Crippen LogP contribution in [0.15, 0.2) is 0 Å². The van der Waals surface area contributed by atoms with Crippen LogP contribution < -0.4 is 0 Å². The van der Waals surface area contributed by atoms with Gasteiger partial charge >= 0.3 is 5.97 Å². The van der Waals surface area contributed by atoms with E-state index in [1.165, 1.54) is 186 Å². The maximum absolute atomic E-state index is 12.8. The number of hydrogen-bond donors (Lipinski definition) is 1. The van der Waals surface area contributed by atoms with Gasteiger partial charge in [0.15, 0.2) is 0 Å². The maximum Gasteiger partial charge on any atom is 0.306 e. The topological polar surface area (TPSA) is 59.0 Å². The van der Waals surface area contributed by atoms with Gasteiger partial charge < -0.3 is 14.6 Å². The van der Waals surface area contributed by atoms with Crippen molar-refractivity contribution in [2.45, 2.75) is 270 Å². The Hall–Kier alpha value is -0.650. The lowest BCUT2D eigenvalue weighted by Crippen LogP contribution is -2.46. The molecule has 0 heterocycles. The van der Waals surface area contributed by atoms with E-state index in [9.17, 15) is 9.90 Å². The first-order valence-electron chi connectivity index (χ1n) is 23.8. The van der Waals surface area contributed by atoms with Crippen LogP contribution in [0.4, 0.5) is 0 Å². The predicted octanol–water partition coefficient (Wildman–Crippen LogP) is 14.1. The summed E-state index contributed by atoms with van der Waals surface area (Å²) in [7, 11) is 0. The second-order valence-corrected chi connectivity index (χ2v) is 16.7. The van der Waals surface area contributed by atoms with E-state index in [4.69, 9.17) is 9.47 Å². The first kappa shape index (κ1) is 49.4. The third kappa shape index (κ3) is 30.7. The van der Waals surface area contributed by atoms with Crippen molar-refractivity contribution in [1.82, 2.24) is 4.90 Å². The Balaban J connectivity index is 2.23. The zero-order chi connectivity index (χ0) is 37.6. The molecule has 0 saturated heterocycles.